The Kier molecular flexibility index (Phi) is 5.80. The Hall–Kier alpha value is -1.84. The molecule has 1 unspecified atom stereocenters. The molecule has 23 heavy (non-hydrogen) atoms. The molecule has 0 amide bonds. The lowest BCUT2D eigenvalue weighted by Crippen LogP contribution is -2.41. The van der Waals surface area contributed by atoms with Crippen LogP contribution in [-0.4, -0.2) is 15.3 Å². The van der Waals surface area contributed by atoms with Crippen LogP contribution in [0.3, 0.4) is 0 Å². The van der Waals surface area contributed by atoms with Crippen molar-refractivity contribution in [1.29, 1.82) is 0 Å². The summed E-state index contributed by atoms with van der Waals surface area (Å²) in [6.45, 7) is 14.1. The minimum atomic E-state index is 0.359. The third kappa shape index (κ3) is 4.34. The Bertz CT molecular complexity index is 650. The van der Waals surface area contributed by atoms with Gasteiger partial charge in [-0.1, -0.05) is 46.2 Å². The molecule has 0 N–H and O–H groups in total. The van der Waals surface area contributed by atoms with Crippen LogP contribution in [0.1, 0.15) is 81.7 Å². The van der Waals surface area contributed by atoms with E-state index in [-0.39, 0.29) is 0 Å². The normalized spacial score (nSPS) is 12.9. The molecule has 0 aliphatic heterocycles. The SMILES string of the molecule is CCc1cc(C(C)C[n+]2cc(C(C)C)c(C(C)C)cn2)cnn1. The van der Waals surface area contributed by atoms with Crippen LogP contribution >= 0.6 is 0 Å². The van der Waals surface area contributed by atoms with Gasteiger partial charge in [-0.2, -0.15) is 10.2 Å². The Labute approximate surface area is 140 Å². The van der Waals surface area contributed by atoms with Crippen molar-refractivity contribution in [3.8, 4) is 0 Å². The van der Waals surface area contributed by atoms with Crippen LogP contribution in [0.2, 0.25) is 0 Å². The van der Waals surface area contributed by atoms with Gasteiger partial charge in [-0.25, -0.2) is 0 Å². The van der Waals surface area contributed by atoms with Gasteiger partial charge < -0.3 is 0 Å². The third-order valence-corrected chi connectivity index (χ3v) is 4.33. The average Bonchev–Trinajstić information content (AvgIpc) is 2.54. The Morgan fingerprint density at radius 2 is 1.70 bits per heavy atom. The summed E-state index contributed by atoms with van der Waals surface area (Å²) in [6.07, 6.45) is 7.04. The molecule has 0 saturated heterocycles. The molecule has 2 rings (SSSR count). The van der Waals surface area contributed by atoms with Gasteiger partial charge in [0.1, 0.15) is 0 Å². The van der Waals surface area contributed by atoms with Crippen LogP contribution in [0.25, 0.3) is 0 Å². The van der Waals surface area contributed by atoms with Gasteiger partial charge in [-0.05, 0) is 40.5 Å². The van der Waals surface area contributed by atoms with E-state index in [4.69, 9.17) is 0 Å². The van der Waals surface area contributed by atoms with Gasteiger partial charge in [0, 0.05) is 11.5 Å². The number of hydrogen-bond acceptors (Lipinski definition) is 3. The summed E-state index contributed by atoms with van der Waals surface area (Å²) in [6, 6.07) is 2.16. The molecule has 0 saturated carbocycles. The van der Waals surface area contributed by atoms with Crippen molar-refractivity contribution in [3.63, 3.8) is 0 Å². The molecule has 4 nitrogen and oxygen atoms in total. The maximum atomic E-state index is 4.63. The first-order valence-electron chi connectivity index (χ1n) is 8.63. The highest BCUT2D eigenvalue weighted by Crippen LogP contribution is 2.24. The van der Waals surface area contributed by atoms with Crippen LogP contribution in [0.15, 0.2) is 24.7 Å². The summed E-state index contributed by atoms with van der Waals surface area (Å²) in [7, 11) is 0. The van der Waals surface area contributed by atoms with E-state index >= 15 is 0 Å². The van der Waals surface area contributed by atoms with Crippen LogP contribution in [0.4, 0.5) is 0 Å². The van der Waals surface area contributed by atoms with E-state index in [1.165, 1.54) is 16.7 Å². The predicted octanol–water partition coefficient (Wildman–Crippen LogP) is 3.77. The summed E-state index contributed by atoms with van der Waals surface area (Å²) in [5.74, 6) is 1.37. The molecule has 0 aliphatic rings. The van der Waals surface area contributed by atoms with Crippen molar-refractivity contribution in [1.82, 2.24) is 15.3 Å². The smallest absolute Gasteiger partial charge is 0.159 e. The minimum Gasteiger partial charge on any atom is -0.159 e. The number of nitrogens with zero attached hydrogens (tertiary/aromatic N) is 4. The summed E-state index contributed by atoms with van der Waals surface area (Å²) in [4.78, 5) is 0. The van der Waals surface area contributed by atoms with E-state index in [9.17, 15) is 0 Å². The summed E-state index contributed by atoms with van der Waals surface area (Å²) >= 11 is 0. The highest BCUT2D eigenvalue weighted by Gasteiger charge is 2.19. The molecule has 0 fully saturated rings. The van der Waals surface area contributed by atoms with E-state index in [0.29, 0.717) is 17.8 Å². The summed E-state index contributed by atoms with van der Waals surface area (Å²) in [5.41, 5.74) is 5.02. The molecular formula is C19H29N4+. The fourth-order valence-corrected chi connectivity index (χ4v) is 2.80. The molecule has 2 heterocycles. The zero-order chi connectivity index (χ0) is 17.0. The lowest BCUT2D eigenvalue weighted by molar-refractivity contribution is -0.756. The Morgan fingerprint density at radius 1 is 1.00 bits per heavy atom. The van der Waals surface area contributed by atoms with E-state index in [1.54, 1.807) is 0 Å². The van der Waals surface area contributed by atoms with Gasteiger partial charge in [0.15, 0.2) is 12.7 Å². The molecular weight excluding hydrogens is 284 g/mol. The first-order chi connectivity index (χ1) is 10.9. The minimum absolute atomic E-state index is 0.359. The zero-order valence-corrected chi connectivity index (χ0v) is 15.2. The largest absolute Gasteiger partial charge is 0.200 e. The number of aromatic nitrogens is 4. The molecule has 2 aromatic rings. The third-order valence-electron chi connectivity index (χ3n) is 4.33. The number of aryl methyl sites for hydroxylation is 1. The molecule has 0 aromatic carbocycles. The van der Waals surface area contributed by atoms with Crippen molar-refractivity contribution in [2.45, 2.75) is 72.3 Å². The van der Waals surface area contributed by atoms with Crippen molar-refractivity contribution >= 4 is 0 Å². The molecule has 0 aliphatic carbocycles. The van der Waals surface area contributed by atoms with Crippen molar-refractivity contribution in [2.75, 3.05) is 0 Å². The number of rotatable bonds is 6. The van der Waals surface area contributed by atoms with Gasteiger partial charge in [-0.3, -0.25) is 0 Å². The summed E-state index contributed by atoms with van der Waals surface area (Å²) < 4.78 is 2.07. The first kappa shape index (κ1) is 17.5. The topological polar surface area (TPSA) is 42.5 Å². The molecule has 0 bridgehead atoms. The van der Waals surface area contributed by atoms with Gasteiger partial charge >= 0.3 is 0 Å². The van der Waals surface area contributed by atoms with Crippen LogP contribution < -0.4 is 4.68 Å². The molecule has 1 atom stereocenters. The first-order valence-corrected chi connectivity index (χ1v) is 8.63. The van der Waals surface area contributed by atoms with Crippen LogP contribution in [0.5, 0.6) is 0 Å². The second-order valence-corrected chi connectivity index (χ2v) is 6.95. The van der Waals surface area contributed by atoms with E-state index in [1.807, 2.05) is 12.4 Å². The van der Waals surface area contributed by atoms with E-state index in [0.717, 1.165) is 18.7 Å². The predicted molar refractivity (Wildman–Crippen MR) is 92.4 cm³/mol. The lowest BCUT2D eigenvalue weighted by Gasteiger charge is -2.14. The molecule has 4 heteroatoms. The molecule has 0 radical (unpaired) electrons. The van der Waals surface area contributed by atoms with Gasteiger partial charge in [0.2, 0.25) is 0 Å². The maximum absolute atomic E-state index is 4.63. The highest BCUT2D eigenvalue weighted by atomic mass is 15.3. The van der Waals surface area contributed by atoms with Crippen molar-refractivity contribution < 1.29 is 4.68 Å². The lowest BCUT2D eigenvalue weighted by atomic mass is 9.93. The second-order valence-electron chi connectivity index (χ2n) is 6.95. The fraction of sp³-hybridized carbons (Fsp3) is 0.579. The maximum Gasteiger partial charge on any atom is 0.200 e. The van der Waals surface area contributed by atoms with Gasteiger partial charge in [0.25, 0.3) is 0 Å². The Balaban J connectivity index is 2.23. The number of hydrogen-bond donors (Lipinski definition) is 0. The Morgan fingerprint density at radius 3 is 2.30 bits per heavy atom. The average molecular weight is 313 g/mol. The monoisotopic (exact) mass is 313 g/mol. The van der Waals surface area contributed by atoms with E-state index in [2.05, 4.69) is 73.8 Å². The molecule has 124 valence electrons. The van der Waals surface area contributed by atoms with Crippen molar-refractivity contribution in [2.24, 2.45) is 0 Å². The quantitative estimate of drug-likeness (QED) is 0.762. The van der Waals surface area contributed by atoms with E-state index < -0.39 is 0 Å². The van der Waals surface area contributed by atoms with Gasteiger partial charge in [0.05, 0.1) is 18.1 Å². The summed E-state index contributed by atoms with van der Waals surface area (Å²) in [5, 5.41) is 12.9. The fourth-order valence-electron chi connectivity index (χ4n) is 2.80. The van der Waals surface area contributed by atoms with Crippen LogP contribution in [-0.2, 0) is 13.0 Å². The molecule has 2 aromatic heterocycles. The van der Waals surface area contributed by atoms with Gasteiger partial charge in [-0.15, -0.1) is 0 Å². The standard InChI is InChI=1S/C19H29N4/c1-7-17-8-16(9-20-22-17)15(6)11-23-12-19(14(4)5)18(10-21-23)13(2)3/h8-10,12-15H,7,11H2,1-6H3/q+1. The highest BCUT2D eigenvalue weighted by molar-refractivity contribution is 5.25. The van der Waals surface area contributed by atoms with Crippen molar-refractivity contribution in [3.05, 3.63) is 47.0 Å². The second kappa shape index (κ2) is 7.62. The molecule has 0 spiro atoms. The van der Waals surface area contributed by atoms with Crippen LogP contribution in [0, 0.1) is 0 Å². The zero-order valence-electron chi connectivity index (χ0n) is 15.2.